The van der Waals surface area contributed by atoms with Crippen LogP contribution in [0.4, 0.5) is 0 Å². The Morgan fingerprint density at radius 2 is 2.09 bits per heavy atom. The molecule has 0 saturated carbocycles. The molecule has 0 aliphatic carbocycles. The summed E-state index contributed by atoms with van der Waals surface area (Å²) in [5.74, 6) is -0.0194. The first-order valence-corrected chi connectivity index (χ1v) is 8.04. The molecule has 1 amide bonds. The lowest BCUT2D eigenvalue weighted by Crippen LogP contribution is -2.31. The minimum absolute atomic E-state index is 0.229. The van der Waals surface area contributed by atoms with E-state index in [2.05, 4.69) is 15.5 Å². The van der Waals surface area contributed by atoms with Crippen LogP contribution in [-0.2, 0) is 0 Å². The average molecular weight is 337 g/mol. The van der Waals surface area contributed by atoms with E-state index < -0.39 is 0 Å². The van der Waals surface area contributed by atoms with Gasteiger partial charge in [0.2, 0.25) is 0 Å². The van der Waals surface area contributed by atoms with Crippen molar-refractivity contribution in [2.24, 2.45) is 11.7 Å². The molecule has 0 saturated heterocycles. The van der Waals surface area contributed by atoms with Crippen LogP contribution in [0, 0.1) is 5.92 Å². The summed E-state index contributed by atoms with van der Waals surface area (Å²) in [7, 11) is 0. The summed E-state index contributed by atoms with van der Waals surface area (Å²) in [6, 6.07) is 10.9. The molecule has 2 rings (SSSR count). The molecule has 1 heterocycles. The van der Waals surface area contributed by atoms with Gasteiger partial charge in [0.15, 0.2) is 5.69 Å². The van der Waals surface area contributed by atoms with Crippen molar-refractivity contribution in [1.29, 1.82) is 0 Å². The summed E-state index contributed by atoms with van der Waals surface area (Å²) >= 11 is 7.50. The zero-order chi connectivity index (χ0) is 15.9. The predicted molar refractivity (Wildman–Crippen MR) is 88.2 cm³/mol. The van der Waals surface area contributed by atoms with Gasteiger partial charge in [0.1, 0.15) is 5.03 Å². The maximum atomic E-state index is 11.9. The van der Waals surface area contributed by atoms with E-state index in [1.807, 2.05) is 31.2 Å². The topological polar surface area (TPSA) is 80.9 Å². The van der Waals surface area contributed by atoms with Crippen molar-refractivity contribution in [2.75, 3.05) is 13.1 Å². The quantitative estimate of drug-likeness (QED) is 0.847. The van der Waals surface area contributed by atoms with Gasteiger partial charge in [-0.25, -0.2) is 0 Å². The Labute approximate surface area is 138 Å². The van der Waals surface area contributed by atoms with Crippen LogP contribution in [0.1, 0.15) is 17.4 Å². The van der Waals surface area contributed by atoms with Crippen molar-refractivity contribution >= 4 is 29.3 Å². The zero-order valence-electron chi connectivity index (χ0n) is 12.1. The number of benzene rings is 1. The van der Waals surface area contributed by atoms with Crippen LogP contribution in [0.5, 0.6) is 0 Å². The second kappa shape index (κ2) is 8.12. The molecule has 1 unspecified atom stereocenters. The van der Waals surface area contributed by atoms with Gasteiger partial charge in [-0.2, -0.15) is 0 Å². The van der Waals surface area contributed by atoms with Crippen LogP contribution in [0.2, 0.25) is 5.02 Å². The summed E-state index contributed by atoms with van der Waals surface area (Å²) in [5, 5.41) is 12.1. The summed E-state index contributed by atoms with van der Waals surface area (Å²) < 4.78 is 0. The standard InChI is InChI=1S/C15H17ClN4OS/c1-10(8-17)9-18-15(21)12-6-7-14(20-19-12)22-13-5-3-2-4-11(13)16/h2-7,10H,8-9,17H2,1H3,(H,18,21). The molecule has 7 heteroatoms. The van der Waals surface area contributed by atoms with E-state index >= 15 is 0 Å². The highest BCUT2D eigenvalue weighted by atomic mass is 35.5. The number of rotatable bonds is 6. The lowest BCUT2D eigenvalue weighted by molar-refractivity contribution is 0.0942. The van der Waals surface area contributed by atoms with Crippen molar-refractivity contribution < 1.29 is 4.79 Å². The third kappa shape index (κ3) is 4.69. The summed E-state index contributed by atoms with van der Waals surface area (Å²) in [4.78, 5) is 12.8. The van der Waals surface area contributed by atoms with Gasteiger partial charge >= 0.3 is 0 Å². The van der Waals surface area contributed by atoms with Gasteiger partial charge in [-0.3, -0.25) is 4.79 Å². The Kier molecular flexibility index (Phi) is 6.18. The summed E-state index contributed by atoms with van der Waals surface area (Å²) in [6.07, 6.45) is 0. The Bertz CT molecular complexity index is 636. The second-order valence-electron chi connectivity index (χ2n) is 4.84. The molecule has 1 aromatic carbocycles. The first-order valence-electron chi connectivity index (χ1n) is 6.84. The molecule has 0 spiro atoms. The monoisotopic (exact) mass is 336 g/mol. The third-order valence-corrected chi connectivity index (χ3v) is 4.38. The number of nitrogens with zero attached hydrogens (tertiary/aromatic N) is 2. The molecule has 116 valence electrons. The maximum Gasteiger partial charge on any atom is 0.271 e. The van der Waals surface area contributed by atoms with Crippen LogP contribution in [0.3, 0.4) is 0 Å². The van der Waals surface area contributed by atoms with E-state index in [1.54, 1.807) is 12.1 Å². The predicted octanol–water partition coefficient (Wildman–Crippen LogP) is 2.61. The Morgan fingerprint density at radius 1 is 1.32 bits per heavy atom. The van der Waals surface area contributed by atoms with Crippen molar-refractivity contribution in [3.63, 3.8) is 0 Å². The molecular weight excluding hydrogens is 320 g/mol. The number of carbonyl (C=O) groups excluding carboxylic acids is 1. The smallest absolute Gasteiger partial charge is 0.271 e. The van der Waals surface area contributed by atoms with Crippen LogP contribution < -0.4 is 11.1 Å². The van der Waals surface area contributed by atoms with Gasteiger partial charge in [0.25, 0.3) is 5.91 Å². The largest absolute Gasteiger partial charge is 0.350 e. The normalized spacial score (nSPS) is 12.0. The number of aromatic nitrogens is 2. The summed E-state index contributed by atoms with van der Waals surface area (Å²) in [5.41, 5.74) is 5.79. The fourth-order valence-corrected chi connectivity index (χ4v) is 2.58. The second-order valence-corrected chi connectivity index (χ2v) is 6.31. The first kappa shape index (κ1) is 16.7. The van der Waals surface area contributed by atoms with Crippen LogP contribution >= 0.6 is 23.4 Å². The van der Waals surface area contributed by atoms with Crippen molar-refractivity contribution in [2.45, 2.75) is 16.8 Å². The number of nitrogens with one attached hydrogen (secondary N) is 1. The van der Waals surface area contributed by atoms with Gasteiger partial charge in [-0.05, 0) is 36.7 Å². The minimum Gasteiger partial charge on any atom is -0.350 e. The molecular formula is C15H17ClN4OS. The number of nitrogens with two attached hydrogens (primary N) is 1. The first-order chi connectivity index (χ1) is 10.6. The molecule has 0 radical (unpaired) electrons. The maximum absolute atomic E-state index is 11.9. The fraction of sp³-hybridized carbons (Fsp3) is 0.267. The lowest BCUT2D eigenvalue weighted by atomic mass is 10.2. The van der Waals surface area contributed by atoms with E-state index in [9.17, 15) is 4.79 Å². The van der Waals surface area contributed by atoms with E-state index in [4.69, 9.17) is 17.3 Å². The van der Waals surface area contributed by atoms with Crippen LogP contribution in [-0.4, -0.2) is 29.2 Å². The van der Waals surface area contributed by atoms with Crippen LogP contribution in [0.25, 0.3) is 0 Å². The number of halogens is 1. The molecule has 1 aromatic heterocycles. The van der Waals surface area contributed by atoms with E-state index in [-0.39, 0.29) is 17.5 Å². The lowest BCUT2D eigenvalue weighted by Gasteiger charge is -2.09. The Hall–Kier alpha value is -1.63. The van der Waals surface area contributed by atoms with E-state index in [1.165, 1.54) is 11.8 Å². The zero-order valence-corrected chi connectivity index (χ0v) is 13.7. The Morgan fingerprint density at radius 3 is 2.73 bits per heavy atom. The van der Waals surface area contributed by atoms with Gasteiger partial charge in [0.05, 0.1) is 5.02 Å². The highest BCUT2D eigenvalue weighted by Crippen LogP contribution is 2.31. The minimum atomic E-state index is -0.248. The molecule has 2 aromatic rings. The molecule has 22 heavy (non-hydrogen) atoms. The van der Waals surface area contributed by atoms with Crippen molar-refractivity contribution in [3.05, 3.63) is 47.1 Å². The highest BCUT2D eigenvalue weighted by Gasteiger charge is 2.10. The SMILES string of the molecule is CC(CN)CNC(=O)c1ccc(Sc2ccccc2Cl)nn1. The number of carbonyl (C=O) groups is 1. The number of hydrogen-bond donors (Lipinski definition) is 2. The van der Waals surface area contributed by atoms with Gasteiger partial charge in [0, 0.05) is 11.4 Å². The average Bonchev–Trinajstić information content (AvgIpc) is 2.55. The molecule has 0 aliphatic rings. The van der Waals surface area contributed by atoms with E-state index in [0.29, 0.717) is 23.1 Å². The molecule has 3 N–H and O–H groups in total. The van der Waals surface area contributed by atoms with Crippen molar-refractivity contribution in [1.82, 2.24) is 15.5 Å². The molecule has 1 atom stereocenters. The van der Waals surface area contributed by atoms with Gasteiger partial charge in [-0.15, -0.1) is 10.2 Å². The molecule has 0 bridgehead atoms. The Balaban J connectivity index is 1.98. The summed E-state index contributed by atoms with van der Waals surface area (Å²) in [6.45, 7) is 3.02. The van der Waals surface area contributed by atoms with Crippen molar-refractivity contribution in [3.8, 4) is 0 Å². The fourth-order valence-electron chi connectivity index (χ4n) is 1.58. The number of hydrogen-bond acceptors (Lipinski definition) is 5. The molecule has 0 aliphatic heterocycles. The highest BCUT2D eigenvalue weighted by molar-refractivity contribution is 7.99. The molecule has 0 fully saturated rings. The number of amides is 1. The van der Waals surface area contributed by atoms with Gasteiger partial charge < -0.3 is 11.1 Å². The molecule has 5 nitrogen and oxygen atoms in total. The van der Waals surface area contributed by atoms with Gasteiger partial charge in [-0.1, -0.05) is 42.4 Å². The van der Waals surface area contributed by atoms with E-state index in [0.717, 1.165) is 4.90 Å². The van der Waals surface area contributed by atoms with Crippen LogP contribution in [0.15, 0.2) is 46.3 Å². The third-order valence-electron chi connectivity index (χ3n) is 2.94.